The van der Waals surface area contributed by atoms with Crippen LogP contribution in [0.3, 0.4) is 0 Å². The summed E-state index contributed by atoms with van der Waals surface area (Å²) >= 11 is 0. The van der Waals surface area contributed by atoms with Crippen molar-refractivity contribution >= 4 is 11.6 Å². The van der Waals surface area contributed by atoms with Crippen LogP contribution in [0.2, 0.25) is 0 Å². The molecule has 2 bridgehead atoms. The molecule has 1 spiro atoms. The highest BCUT2D eigenvalue weighted by Gasteiger charge is 2.66. The second-order valence-electron chi connectivity index (χ2n) is 7.19. The molecule has 0 heterocycles. The molecular formula is C18H24O5. The molecule has 5 nitrogen and oxygen atoms in total. The van der Waals surface area contributed by atoms with Crippen LogP contribution in [0, 0.1) is 17.3 Å². The first-order valence-corrected chi connectivity index (χ1v) is 8.32. The molecular weight excluding hydrogens is 296 g/mol. The lowest BCUT2D eigenvalue weighted by Gasteiger charge is -2.46. The molecule has 5 atom stereocenters. The fourth-order valence-electron chi connectivity index (χ4n) is 4.72. The number of aliphatic hydroxyl groups is 3. The summed E-state index contributed by atoms with van der Waals surface area (Å²) in [5.74, 6) is -1.22. The Morgan fingerprint density at radius 1 is 1.39 bits per heavy atom. The SMILES string of the molecule is CC(=O)C[C@H]1C=C[C@@]23CCCC[C@H](C=C(CO)[C@@H](O)[C@]12O)C3=O. The van der Waals surface area contributed by atoms with Gasteiger partial charge in [0.1, 0.15) is 17.5 Å². The van der Waals surface area contributed by atoms with Gasteiger partial charge in [0.15, 0.2) is 5.78 Å². The van der Waals surface area contributed by atoms with Crippen LogP contribution >= 0.6 is 0 Å². The Bertz CT molecular complexity index is 592. The molecule has 5 heteroatoms. The Hall–Kier alpha value is -1.30. The molecule has 0 unspecified atom stereocenters. The molecule has 126 valence electrons. The third kappa shape index (κ3) is 2.17. The van der Waals surface area contributed by atoms with E-state index >= 15 is 0 Å². The highest BCUT2D eigenvalue weighted by atomic mass is 16.3. The van der Waals surface area contributed by atoms with Gasteiger partial charge < -0.3 is 20.1 Å². The standard InChI is InChI=1S/C18H24O5/c1-11(20)8-14-5-7-17-6-3-2-4-12(15(17)21)9-13(10-19)16(22)18(14,17)23/h5,7,9,12,14,16,19,22-23H,2-4,6,8,10H2,1H3/t12-,14-,16-,17-,18-/m1/s1. The number of allylic oxidation sites excluding steroid dienone is 1. The quantitative estimate of drug-likeness (QED) is 0.672. The van der Waals surface area contributed by atoms with E-state index in [9.17, 15) is 24.9 Å². The van der Waals surface area contributed by atoms with Crippen LogP contribution in [0.4, 0.5) is 0 Å². The van der Waals surface area contributed by atoms with Gasteiger partial charge in [-0.15, -0.1) is 0 Å². The van der Waals surface area contributed by atoms with Crippen molar-refractivity contribution in [3.05, 3.63) is 23.8 Å². The summed E-state index contributed by atoms with van der Waals surface area (Å²) in [4.78, 5) is 24.8. The van der Waals surface area contributed by atoms with Gasteiger partial charge in [0.05, 0.1) is 12.0 Å². The second kappa shape index (κ2) is 5.65. The van der Waals surface area contributed by atoms with Crippen molar-refractivity contribution < 1.29 is 24.9 Å². The molecule has 0 saturated heterocycles. The summed E-state index contributed by atoms with van der Waals surface area (Å²) in [6.07, 6.45) is 6.58. The van der Waals surface area contributed by atoms with Gasteiger partial charge in [-0.2, -0.15) is 0 Å². The molecule has 3 rings (SSSR count). The summed E-state index contributed by atoms with van der Waals surface area (Å²) in [6, 6.07) is 0. The third-order valence-corrected chi connectivity index (χ3v) is 5.88. The van der Waals surface area contributed by atoms with Gasteiger partial charge in [0.25, 0.3) is 0 Å². The minimum absolute atomic E-state index is 0.0719. The van der Waals surface area contributed by atoms with Crippen LogP contribution in [-0.2, 0) is 9.59 Å². The third-order valence-electron chi connectivity index (χ3n) is 5.88. The number of fused-ring (bicyclic) bond motifs is 1. The monoisotopic (exact) mass is 320 g/mol. The van der Waals surface area contributed by atoms with E-state index in [1.807, 2.05) is 0 Å². The lowest BCUT2D eigenvalue weighted by molar-refractivity contribution is -0.168. The molecule has 3 aliphatic rings. The lowest BCUT2D eigenvalue weighted by atomic mass is 9.62. The van der Waals surface area contributed by atoms with E-state index in [0.717, 1.165) is 12.8 Å². The molecule has 3 N–H and O–H groups in total. The van der Waals surface area contributed by atoms with E-state index in [4.69, 9.17) is 0 Å². The molecule has 1 fully saturated rings. The van der Waals surface area contributed by atoms with Crippen LogP contribution in [0.1, 0.15) is 39.0 Å². The number of hydrogen-bond acceptors (Lipinski definition) is 5. The maximum Gasteiger partial charge on any atom is 0.152 e. The first kappa shape index (κ1) is 16.6. The van der Waals surface area contributed by atoms with Gasteiger partial charge >= 0.3 is 0 Å². The number of carbonyl (C=O) groups is 2. The van der Waals surface area contributed by atoms with Gasteiger partial charge in [-0.25, -0.2) is 0 Å². The zero-order chi connectivity index (χ0) is 16.8. The van der Waals surface area contributed by atoms with E-state index in [2.05, 4.69) is 0 Å². The molecule has 23 heavy (non-hydrogen) atoms. The van der Waals surface area contributed by atoms with Crippen LogP contribution in [0.5, 0.6) is 0 Å². The largest absolute Gasteiger partial charge is 0.392 e. The smallest absolute Gasteiger partial charge is 0.152 e. The fraction of sp³-hybridized carbons (Fsp3) is 0.667. The summed E-state index contributed by atoms with van der Waals surface area (Å²) in [6.45, 7) is 1.03. The molecule has 3 aliphatic carbocycles. The van der Waals surface area contributed by atoms with Crippen molar-refractivity contribution in [2.75, 3.05) is 6.61 Å². The van der Waals surface area contributed by atoms with Crippen LogP contribution in [0.25, 0.3) is 0 Å². The average molecular weight is 320 g/mol. The van der Waals surface area contributed by atoms with Crippen LogP contribution < -0.4 is 0 Å². The Kier molecular flexibility index (Phi) is 4.07. The molecule has 1 saturated carbocycles. The predicted octanol–water partition coefficient (Wildman–Crippen LogP) is 0.921. The Morgan fingerprint density at radius 3 is 2.78 bits per heavy atom. The van der Waals surface area contributed by atoms with Crippen molar-refractivity contribution in [3.8, 4) is 0 Å². The summed E-state index contributed by atoms with van der Waals surface area (Å²) < 4.78 is 0. The molecule has 0 radical (unpaired) electrons. The van der Waals surface area contributed by atoms with Gasteiger partial charge in [-0.05, 0) is 25.3 Å². The van der Waals surface area contributed by atoms with Crippen molar-refractivity contribution in [3.63, 3.8) is 0 Å². The lowest BCUT2D eigenvalue weighted by Crippen LogP contribution is -2.60. The van der Waals surface area contributed by atoms with E-state index in [0.29, 0.717) is 12.8 Å². The normalized spacial score (nSPS) is 42.7. The Morgan fingerprint density at radius 2 is 2.13 bits per heavy atom. The number of hydrogen-bond donors (Lipinski definition) is 3. The van der Waals surface area contributed by atoms with Gasteiger partial charge in [-0.1, -0.05) is 31.1 Å². The van der Waals surface area contributed by atoms with E-state index in [1.54, 1.807) is 18.2 Å². The fourth-order valence-corrected chi connectivity index (χ4v) is 4.72. The van der Waals surface area contributed by atoms with Gasteiger partial charge in [0.2, 0.25) is 0 Å². The zero-order valence-corrected chi connectivity index (χ0v) is 13.4. The van der Waals surface area contributed by atoms with Crippen LogP contribution in [-0.4, -0.2) is 45.2 Å². The summed E-state index contributed by atoms with van der Waals surface area (Å²) in [5.41, 5.74) is -2.64. The maximum atomic E-state index is 13.2. The van der Waals surface area contributed by atoms with E-state index in [-0.39, 0.29) is 23.6 Å². The number of ketones is 2. The molecule has 0 aliphatic heterocycles. The maximum absolute atomic E-state index is 13.2. The topological polar surface area (TPSA) is 94.8 Å². The van der Waals surface area contributed by atoms with Gasteiger partial charge in [-0.3, -0.25) is 4.79 Å². The highest BCUT2D eigenvalue weighted by molar-refractivity contribution is 5.94. The van der Waals surface area contributed by atoms with Crippen LogP contribution in [0.15, 0.2) is 23.8 Å². The summed E-state index contributed by atoms with van der Waals surface area (Å²) in [5, 5.41) is 32.0. The minimum atomic E-state index is -1.76. The number of aliphatic hydroxyl groups excluding tert-OH is 2. The van der Waals surface area contributed by atoms with Crippen molar-refractivity contribution in [2.24, 2.45) is 17.3 Å². The highest BCUT2D eigenvalue weighted by Crippen LogP contribution is 2.57. The van der Waals surface area contributed by atoms with Gasteiger partial charge in [0, 0.05) is 18.3 Å². The Balaban J connectivity index is 2.17. The Labute approximate surface area is 135 Å². The molecule has 0 aromatic heterocycles. The molecule has 0 aromatic rings. The molecule has 0 aromatic carbocycles. The average Bonchev–Trinajstić information content (AvgIpc) is 2.65. The van der Waals surface area contributed by atoms with Crippen molar-refractivity contribution in [1.29, 1.82) is 0 Å². The first-order chi connectivity index (χ1) is 10.9. The number of rotatable bonds is 3. The summed E-state index contributed by atoms with van der Waals surface area (Å²) in [7, 11) is 0. The minimum Gasteiger partial charge on any atom is -0.392 e. The number of Topliss-reactive ketones (excluding diaryl/α,β-unsaturated/α-hetero) is 2. The predicted molar refractivity (Wildman–Crippen MR) is 83.5 cm³/mol. The first-order valence-electron chi connectivity index (χ1n) is 8.32. The van der Waals surface area contributed by atoms with E-state index in [1.165, 1.54) is 6.92 Å². The van der Waals surface area contributed by atoms with E-state index < -0.39 is 35.6 Å². The van der Waals surface area contributed by atoms with Crippen molar-refractivity contribution in [2.45, 2.75) is 50.7 Å². The van der Waals surface area contributed by atoms with Crippen molar-refractivity contribution in [1.82, 2.24) is 0 Å². The molecule has 0 amide bonds. The number of carbonyl (C=O) groups excluding carboxylic acids is 2. The second-order valence-corrected chi connectivity index (χ2v) is 7.19. The zero-order valence-electron chi connectivity index (χ0n) is 13.4.